The number of Topliss-reactive ketones (excluding diaryl/α,β-unsaturated/α-hetero) is 3. The van der Waals surface area contributed by atoms with Gasteiger partial charge in [0.15, 0.2) is 5.58 Å². The first kappa shape index (κ1) is 99.6. The van der Waals surface area contributed by atoms with Gasteiger partial charge in [-0.2, -0.15) is 4.98 Å². The number of alkyl carbamates (subject to hydrolysis) is 1. The number of cyclic esters (lactones) is 1. The van der Waals surface area contributed by atoms with Crippen LogP contribution < -0.4 is 37.2 Å². The summed E-state index contributed by atoms with van der Waals surface area (Å²) in [5, 5.41) is 29.2. The predicted molar refractivity (Wildman–Crippen MR) is 502 cm³/mol. The maximum absolute atomic E-state index is 14.4. The molecular weight excluding hydrogens is 1720 g/mol. The molecule has 6 aliphatic heterocycles. The zero-order chi connectivity index (χ0) is 94.7. The van der Waals surface area contributed by atoms with Crippen molar-refractivity contribution in [3.8, 4) is 0 Å². The van der Waals surface area contributed by atoms with Crippen molar-refractivity contribution < 1.29 is 81.1 Å². The Morgan fingerprint density at radius 1 is 0.672 bits per heavy atom. The number of nitrogen functional groups attached to an aromatic ring is 2. The molecule has 2 bridgehead atoms. The SMILES string of the molecule is CO[C@H]1CC2CCCC(O2)C(=O)C(=O)N2CCCC[C@H]2C(=O)O[C@H](CC[C@H]2CC[C@H](OC(=O)NCCOCCC(=O)NCc3cnc(N4CCN(C(=O)CCOCCN5CCN(c6ncc(C(=O)N7CCc8cc(CNc9ncnc(N)c9C(=N)c9ccc%10oc(N)nc%10c9)ccc8C7)cn6)CC5)CC4)nc3)CC2)CC(=O)[C@H](C)/C=C(\C)[C@@H](O)CC(=O)[C@H](C)C[C@H](C)/C=C/C=C/C=C/1C. The van der Waals surface area contributed by atoms with Crippen LogP contribution in [0.2, 0.25) is 0 Å². The molecule has 5 fully saturated rings. The van der Waals surface area contributed by atoms with Gasteiger partial charge in [0.25, 0.3) is 17.8 Å². The number of methoxy groups -OCH3 is 1. The van der Waals surface area contributed by atoms with Crippen molar-refractivity contribution in [2.24, 2.45) is 23.7 Å². The minimum absolute atomic E-state index is 0.0276. The van der Waals surface area contributed by atoms with Crippen LogP contribution in [-0.4, -0.2) is 273 Å². The van der Waals surface area contributed by atoms with Crippen LogP contribution in [0.1, 0.15) is 194 Å². The average Bonchev–Trinajstić information content (AvgIpc) is 1.33. The first-order chi connectivity index (χ1) is 64.8. The summed E-state index contributed by atoms with van der Waals surface area (Å²) in [6.45, 7) is 18.2. The second kappa shape index (κ2) is 48.9. The Morgan fingerprint density at radius 2 is 1.41 bits per heavy atom. The van der Waals surface area contributed by atoms with E-state index in [0.717, 1.165) is 41.9 Å². The number of piperidine rings is 1. The molecule has 134 heavy (non-hydrogen) atoms. The van der Waals surface area contributed by atoms with Crippen LogP contribution >= 0.6 is 0 Å². The van der Waals surface area contributed by atoms with Gasteiger partial charge in [0.05, 0.1) is 68.0 Å². The quantitative estimate of drug-likeness (QED) is 0.00829. The third kappa shape index (κ3) is 28.2. The Balaban J connectivity index is 0.463. The minimum Gasteiger partial charge on any atom is -0.460 e. The number of ether oxygens (including phenoxy) is 6. The third-order valence-corrected chi connectivity index (χ3v) is 26.6. The number of ketones is 3. The molecule has 5 amide bonds. The van der Waals surface area contributed by atoms with E-state index in [0.29, 0.717) is 219 Å². The van der Waals surface area contributed by atoms with Crippen LogP contribution in [0.5, 0.6) is 0 Å². The zero-order valence-electron chi connectivity index (χ0n) is 78.0. The number of aliphatic hydroxyl groups excluding tert-OH is 1. The molecule has 4 saturated heterocycles. The number of aliphatic hydroxyl groups is 1. The summed E-state index contributed by atoms with van der Waals surface area (Å²) in [6.07, 6.45) is 23.5. The number of aromatic nitrogens is 7. The van der Waals surface area contributed by atoms with Gasteiger partial charge in [-0.25, -0.2) is 39.5 Å². The fraction of sp³-hybridized carbons (Fsp3) is 0.561. The number of carbonyl (C=O) groups excluding carboxylic acids is 9. The lowest BCUT2D eigenvalue weighted by atomic mass is 9.83. The van der Waals surface area contributed by atoms with E-state index >= 15 is 0 Å². The fourth-order valence-corrected chi connectivity index (χ4v) is 18.4. The number of fused-ring (bicyclic) bond motifs is 5. The molecule has 36 heteroatoms. The molecule has 2 unspecified atom stereocenters. The van der Waals surface area contributed by atoms with Gasteiger partial charge in [-0.3, -0.25) is 43.9 Å². The van der Waals surface area contributed by atoms with Gasteiger partial charge in [0.1, 0.15) is 59.4 Å². The standard InChI is InChI=1S/C98H131N19O17/c1-62-13-8-7-9-14-63(2)84(128-6)52-75-15-12-17-83(131-75)89(123)93(125)117-32-11-10-16-78(117)94(126)132-76(51-79(118)65(4)48-66(5)81(120)53-80(119)64(3)47-62)26-21-67-19-24-74(25-20-67)133-98(127)102-31-45-129-43-29-85(121)103-55-69-56-105-96(106-57-69)115-40-38-113(39-41-115)86(122)30-44-130-46-42-112-34-36-114(37-35-112)97-107-58-73(59-108-97)92(124)116-33-28-70-49-68(18-22-72(70)60-116)54-104-91-87(90(100)109-61-110-91)88(99)71-23-27-82-77(50-71)111-95(101)134-82/h7-9,13-14,18,22-23,27,48-50,56-59,61-62,64-65,67,74-76,78,81,83-84,99,120H,10-12,15-17,19-21,24-26,28-47,51-55,60H2,1-6H3,(H2,101,111)(H,102,127)(H,103,121)(H3,100,104,109,110)/b9-7+,13-8+,63-14+,66-48+,99-88?/t62-,64-,65-,67-,74-,75?,76-,78+,81+,83?,84+/m1/s1. The molecule has 36 nitrogen and oxygen atoms in total. The van der Waals surface area contributed by atoms with Crippen molar-refractivity contribution in [1.82, 2.24) is 65.1 Å². The van der Waals surface area contributed by atoms with Crippen molar-refractivity contribution >= 4 is 99.4 Å². The monoisotopic (exact) mass is 1850 g/mol. The molecule has 720 valence electrons. The van der Waals surface area contributed by atoms with E-state index in [4.69, 9.17) is 49.7 Å². The molecule has 6 aromatic rings. The van der Waals surface area contributed by atoms with Crippen LogP contribution in [0, 0.1) is 29.1 Å². The molecule has 9 atom stereocenters. The van der Waals surface area contributed by atoms with Crippen LogP contribution in [0.25, 0.3) is 11.1 Å². The lowest BCUT2D eigenvalue weighted by molar-refractivity contribution is -0.167. The van der Waals surface area contributed by atoms with Crippen molar-refractivity contribution in [1.29, 1.82) is 5.41 Å². The Kier molecular flexibility index (Phi) is 36.4. The maximum atomic E-state index is 14.4. The van der Waals surface area contributed by atoms with E-state index in [1.807, 2.05) is 78.0 Å². The molecule has 0 radical (unpaired) electrons. The van der Waals surface area contributed by atoms with Crippen LogP contribution in [-0.2, 0) is 88.0 Å². The highest BCUT2D eigenvalue weighted by atomic mass is 16.6. The topological polar surface area (TPSA) is 464 Å². The summed E-state index contributed by atoms with van der Waals surface area (Å²) in [5.41, 5.74) is 19.9. The Labute approximate surface area is 782 Å². The molecule has 1 aliphatic carbocycles. The number of amides is 5. The second-order valence-electron chi connectivity index (χ2n) is 36.4. The van der Waals surface area contributed by atoms with Gasteiger partial charge in [0.2, 0.25) is 29.5 Å². The Hall–Kier alpha value is -11.8. The number of allylic oxidation sites excluding steroid dienone is 6. The van der Waals surface area contributed by atoms with Crippen molar-refractivity contribution in [3.63, 3.8) is 0 Å². The smallest absolute Gasteiger partial charge is 0.407 e. The summed E-state index contributed by atoms with van der Waals surface area (Å²) >= 11 is 0. The maximum Gasteiger partial charge on any atom is 0.407 e. The van der Waals surface area contributed by atoms with E-state index < -0.39 is 54.0 Å². The molecule has 0 spiro atoms. The molecule has 9 N–H and O–H groups in total. The van der Waals surface area contributed by atoms with Crippen molar-refractivity contribution in [3.05, 3.63) is 154 Å². The van der Waals surface area contributed by atoms with E-state index in [2.05, 4.69) is 66.7 Å². The predicted octanol–water partition coefficient (Wildman–Crippen LogP) is 9.36. The number of nitrogens with one attached hydrogen (secondary N) is 4. The number of rotatable bonds is 27. The molecule has 10 heterocycles. The first-order valence-electron chi connectivity index (χ1n) is 47.4. The summed E-state index contributed by atoms with van der Waals surface area (Å²) in [4.78, 5) is 166. The van der Waals surface area contributed by atoms with Crippen LogP contribution in [0.3, 0.4) is 0 Å². The molecule has 7 aliphatic rings. The minimum atomic E-state index is -1.10. The number of piperazine rings is 2. The van der Waals surface area contributed by atoms with Gasteiger partial charge >= 0.3 is 12.1 Å². The first-order valence-corrected chi connectivity index (χ1v) is 47.4. The Morgan fingerprint density at radius 3 is 2.17 bits per heavy atom. The number of anilines is 5. The number of hydrogen-bond acceptors (Lipinski definition) is 31. The highest BCUT2D eigenvalue weighted by Crippen LogP contribution is 2.35. The van der Waals surface area contributed by atoms with E-state index in [1.54, 1.807) is 70.0 Å². The number of hydrogen-bond donors (Lipinski definition) is 7. The van der Waals surface area contributed by atoms with Crippen LogP contribution in [0.4, 0.5) is 34.3 Å². The third-order valence-electron chi connectivity index (χ3n) is 26.6. The Bertz CT molecular complexity index is 5180. The molecule has 1 saturated carbocycles. The summed E-state index contributed by atoms with van der Waals surface area (Å²) in [6, 6.07) is 10.3. The van der Waals surface area contributed by atoms with Crippen molar-refractivity contribution in [2.45, 2.75) is 219 Å². The lowest BCUT2D eigenvalue weighted by Gasteiger charge is -2.36. The number of esters is 1. The largest absolute Gasteiger partial charge is 0.460 e. The molecule has 2 aromatic carbocycles. The highest BCUT2D eigenvalue weighted by Gasteiger charge is 2.42. The fourth-order valence-electron chi connectivity index (χ4n) is 18.4. The number of carbonyl (C=O) groups is 9. The van der Waals surface area contributed by atoms with E-state index in [1.165, 1.54) is 11.2 Å². The summed E-state index contributed by atoms with van der Waals surface area (Å²) in [5.74, 6) is -1.90. The van der Waals surface area contributed by atoms with Crippen molar-refractivity contribution in [2.75, 3.05) is 139 Å². The second-order valence-corrected chi connectivity index (χ2v) is 36.4. The lowest BCUT2D eigenvalue weighted by Crippen LogP contribution is -2.54. The van der Waals surface area contributed by atoms with Gasteiger partial charge < -0.3 is 89.9 Å². The summed E-state index contributed by atoms with van der Waals surface area (Å²) in [7, 11) is 1.63. The van der Waals surface area contributed by atoms with E-state index in [-0.39, 0.29) is 148 Å². The molecule has 4 aromatic heterocycles. The van der Waals surface area contributed by atoms with Gasteiger partial charge in [0, 0.05) is 179 Å². The van der Waals surface area contributed by atoms with Gasteiger partial charge in [-0.15, -0.1) is 0 Å². The number of oxazole rings is 1. The normalized spacial score (nSPS) is 25.0. The molecule has 13 rings (SSSR count). The number of benzene rings is 2. The van der Waals surface area contributed by atoms with E-state index in [9.17, 15) is 48.3 Å². The summed E-state index contributed by atoms with van der Waals surface area (Å²) < 4.78 is 41.3. The van der Waals surface area contributed by atoms with Gasteiger partial charge in [-0.1, -0.05) is 75.4 Å². The van der Waals surface area contributed by atoms with Gasteiger partial charge in [-0.05, 0) is 162 Å². The zero-order valence-corrected chi connectivity index (χ0v) is 78.0. The van der Waals surface area contributed by atoms with Crippen LogP contribution in [0.15, 0.2) is 120 Å². The number of nitrogens with zero attached hydrogens (tertiary/aromatic N) is 13. The highest BCUT2D eigenvalue weighted by molar-refractivity contribution is 6.38. The average molecular weight is 1850 g/mol. The molecular formula is C98H131N19O17. The number of nitrogens with two attached hydrogens (primary N) is 2.